The number of carbonyl (C=O) groups excluding carboxylic acids is 2. The Bertz CT molecular complexity index is 1870. The smallest absolute Gasteiger partial charge is 0.338 e. The van der Waals surface area contributed by atoms with Crippen LogP contribution in [0.4, 0.5) is 0 Å². The number of aryl methyl sites for hydroxylation is 1. The standard InChI is InChI=1S/C34H32N2O6S/c1-5-40-32(38)25-17-13-23(14-18-25)20-42-27-10-8-7-9-26(27)19-28-31(37)36-30(24-15-11-21(3)12-16-24)29(33(39)41-6-2)22(4)35-34(36)43-28/h7-19,30H,5-6,20H2,1-4H3/b28-19-/t30-/m0/s1. The molecule has 5 rings (SSSR count). The Hall–Kier alpha value is -4.76. The number of fused-ring (bicyclic) bond motifs is 1. The van der Waals surface area contributed by atoms with Crippen LogP contribution in [0.15, 0.2) is 93.9 Å². The highest BCUT2D eigenvalue weighted by atomic mass is 32.1. The van der Waals surface area contributed by atoms with Gasteiger partial charge in [-0.2, -0.15) is 0 Å². The monoisotopic (exact) mass is 596 g/mol. The molecular formula is C34H32N2O6S. The summed E-state index contributed by atoms with van der Waals surface area (Å²) in [6.07, 6.45) is 1.79. The van der Waals surface area contributed by atoms with E-state index in [1.807, 2.05) is 67.6 Å². The first kappa shape index (κ1) is 29.7. The molecule has 0 aliphatic carbocycles. The first-order valence-electron chi connectivity index (χ1n) is 14.0. The Balaban J connectivity index is 1.50. The highest BCUT2D eigenvalue weighted by molar-refractivity contribution is 7.07. The average Bonchev–Trinajstić information content (AvgIpc) is 3.30. The fourth-order valence-corrected chi connectivity index (χ4v) is 5.88. The molecule has 0 saturated heterocycles. The number of nitrogens with zero attached hydrogens (tertiary/aromatic N) is 2. The summed E-state index contributed by atoms with van der Waals surface area (Å²) in [5.41, 5.74) is 4.57. The number of hydrogen-bond donors (Lipinski definition) is 0. The van der Waals surface area contributed by atoms with Crippen LogP contribution in [0.3, 0.4) is 0 Å². The van der Waals surface area contributed by atoms with Crippen molar-refractivity contribution in [1.29, 1.82) is 0 Å². The van der Waals surface area contributed by atoms with Crippen molar-refractivity contribution in [2.75, 3.05) is 13.2 Å². The van der Waals surface area contributed by atoms with Gasteiger partial charge >= 0.3 is 11.9 Å². The van der Waals surface area contributed by atoms with Crippen LogP contribution in [0.5, 0.6) is 5.75 Å². The highest BCUT2D eigenvalue weighted by Gasteiger charge is 2.33. The van der Waals surface area contributed by atoms with Crippen molar-refractivity contribution in [2.45, 2.75) is 40.3 Å². The van der Waals surface area contributed by atoms with E-state index in [2.05, 4.69) is 4.99 Å². The van der Waals surface area contributed by atoms with Crippen LogP contribution in [0, 0.1) is 6.92 Å². The number of benzene rings is 3. The molecule has 4 aromatic rings. The lowest BCUT2D eigenvalue weighted by molar-refractivity contribution is -0.139. The maximum atomic E-state index is 14.0. The van der Waals surface area contributed by atoms with E-state index in [0.29, 0.717) is 38.5 Å². The van der Waals surface area contributed by atoms with Gasteiger partial charge in [-0.3, -0.25) is 9.36 Å². The van der Waals surface area contributed by atoms with Crippen molar-refractivity contribution < 1.29 is 23.8 Å². The van der Waals surface area contributed by atoms with Gasteiger partial charge in [-0.15, -0.1) is 0 Å². The van der Waals surface area contributed by atoms with E-state index in [9.17, 15) is 14.4 Å². The van der Waals surface area contributed by atoms with Gasteiger partial charge in [0.15, 0.2) is 4.80 Å². The molecule has 9 heteroatoms. The number of thiazole rings is 1. The zero-order chi connectivity index (χ0) is 30.5. The van der Waals surface area contributed by atoms with Gasteiger partial charge < -0.3 is 14.2 Å². The number of rotatable bonds is 9. The van der Waals surface area contributed by atoms with E-state index in [0.717, 1.165) is 22.3 Å². The summed E-state index contributed by atoms with van der Waals surface area (Å²) in [4.78, 5) is 44.2. The first-order valence-corrected chi connectivity index (χ1v) is 14.9. The maximum Gasteiger partial charge on any atom is 0.338 e. The quantitative estimate of drug-likeness (QED) is 0.256. The number of ether oxygens (including phenoxy) is 3. The van der Waals surface area contributed by atoms with Crippen molar-refractivity contribution in [3.63, 3.8) is 0 Å². The molecule has 0 bridgehead atoms. The normalized spacial score (nSPS) is 14.6. The molecule has 0 radical (unpaired) electrons. The largest absolute Gasteiger partial charge is 0.488 e. The molecule has 1 atom stereocenters. The van der Waals surface area contributed by atoms with Crippen LogP contribution >= 0.6 is 11.3 Å². The zero-order valence-electron chi connectivity index (χ0n) is 24.5. The maximum absolute atomic E-state index is 14.0. The van der Waals surface area contributed by atoms with Gasteiger partial charge in [0, 0.05) is 5.56 Å². The first-order chi connectivity index (χ1) is 20.8. The van der Waals surface area contributed by atoms with Crippen molar-refractivity contribution in [3.05, 3.63) is 132 Å². The molecule has 8 nitrogen and oxygen atoms in total. The fraction of sp³-hybridized carbons (Fsp3) is 0.235. The second kappa shape index (κ2) is 13.0. The lowest BCUT2D eigenvalue weighted by atomic mass is 9.95. The van der Waals surface area contributed by atoms with Gasteiger partial charge in [-0.25, -0.2) is 14.6 Å². The van der Waals surface area contributed by atoms with Crippen LogP contribution in [0.1, 0.15) is 59.4 Å². The van der Waals surface area contributed by atoms with Crippen molar-refractivity contribution >= 4 is 29.4 Å². The van der Waals surface area contributed by atoms with Gasteiger partial charge in [0.25, 0.3) is 5.56 Å². The molecular weight excluding hydrogens is 564 g/mol. The summed E-state index contributed by atoms with van der Waals surface area (Å²) in [5.74, 6) is -0.255. The second-order valence-electron chi connectivity index (χ2n) is 9.96. The number of esters is 2. The van der Waals surface area contributed by atoms with E-state index in [4.69, 9.17) is 14.2 Å². The van der Waals surface area contributed by atoms with Crippen LogP contribution in [-0.4, -0.2) is 29.7 Å². The average molecular weight is 597 g/mol. The molecule has 0 spiro atoms. The predicted octanol–water partition coefficient (Wildman–Crippen LogP) is 4.86. The van der Waals surface area contributed by atoms with E-state index >= 15 is 0 Å². The Morgan fingerprint density at radius 2 is 1.58 bits per heavy atom. The summed E-state index contributed by atoms with van der Waals surface area (Å²) in [6, 6.07) is 21.6. The predicted molar refractivity (Wildman–Crippen MR) is 165 cm³/mol. The third-order valence-electron chi connectivity index (χ3n) is 6.98. The molecule has 0 fully saturated rings. The number of carbonyl (C=O) groups is 2. The van der Waals surface area contributed by atoms with E-state index in [-0.39, 0.29) is 24.7 Å². The third kappa shape index (κ3) is 6.36. The van der Waals surface area contributed by atoms with E-state index in [1.165, 1.54) is 11.3 Å². The van der Waals surface area contributed by atoms with Crippen molar-refractivity contribution in [2.24, 2.45) is 4.99 Å². The summed E-state index contributed by atoms with van der Waals surface area (Å²) in [7, 11) is 0. The van der Waals surface area contributed by atoms with Crippen molar-refractivity contribution in [1.82, 2.24) is 4.57 Å². The molecule has 0 N–H and O–H groups in total. The summed E-state index contributed by atoms with van der Waals surface area (Å²) in [5, 5.41) is 0. The number of aromatic nitrogens is 1. The van der Waals surface area contributed by atoms with E-state index < -0.39 is 12.0 Å². The number of hydrogen-bond acceptors (Lipinski definition) is 8. The van der Waals surface area contributed by atoms with Crippen LogP contribution in [-0.2, 0) is 20.9 Å². The minimum atomic E-state index is -0.665. The molecule has 1 aliphatic heterocycles. The van der Waals surface area contributed by atoms with Gasteiger partial charge in [0.05, 0.1) is 40.6 Å². The topological polar surface area (TPSA) is 96.2 Å². The number of para-hydroxylation sites is 1. The van der Waals surface area contributed by atoms with Crippen LogP contribution in [0.2, 0.25) is 0 Å². The van der Waals surface area contributed by atoms with Crippen LogP contribution in [0.25, 0.3) is 6.08 Å². The lowest BCUT2D eigenvalue weighted by Gasteiger charge is -2.24. The molecule has 3 aromatic carbocycles. The Morgan fingerprint density at radius 1 is 0.907 bits per heavy atom. The minimum Gasteiger partial charge on any atom is -0.488 e. The Morgan fingerprint density at radius 3 is 2.28 bits per heavy atom. The minimum absolute atomic E-state index is 0.215. The summed E-state index contributed by atoms with van der Waals surface area (Å²) < 4.78 is 18.6. The highest BCUT2D eigenvalue weighted by Crippen LogP contribution is 2.31. The van der Waals surface area contributed by atoms with Gasteiger partial charge in [0.2, 0.25) is 0 Å². The molecule has 0 saturated carbocycles. The summed E-state index contributed by atoms with van der Waals surface area (Å²) in [6.45, 7) is 8.08. The van der Waals surface area contributed by atoms with Gasteiger partial charge in [-0.05, 0) is 63.1 Å². The molecule has 1 aromatic heterocycles. The molecule has 1 aliphatic rings. The van der Waals surface area contributed by atoms with Crippen molar-refractivity contribution in [3.8, 4) is 5.75 Å². The molecule has 0 unspecified atom stereocenters. The van der Waals surface area contributed by atoms with Gasteiger partial charge in [0.1, 0.15) is 12.4 Å². The molecule has 43 heavy (non-hydrogen) atoms. The van der Waals surface area contributed by atoms with Gasteiger partial charge in [-0.1, -0.05) is 71.5 Å². The Kier molecular flexibility index (Phi) is 9.01. The molecule has 2 heterocycles. The lowest BCUT2D eigenvalue weighted by Crippen LogP contribution is -2.39. The molecule has 220 valence electrons. The summed E-state index contributed by atoms with van der Waals surface area (Å²) >= 11 is 1.26. The SMILES string of the molecule is CCOC(=O)C1=C(C)N=c2s/c(=C\c3ccccc3OCc3ccc(C(=O)OCC)cc3)c(=O)n2[C@H]1c1ccc(C)cc1. The molecule has 0 amide bonds. The third-order valence-corrected chi connectivity index (χ3v) is 7.96. The van der Waals surface area contributed by atoms with Crippen LogP contribution < -0.4 is 19.6 Å². The second-order valence-corrected chi connectivity index (χ2v) is 11.0. The number of allylic oxidation sites excluding steroid dienone is 1. The fourth-order valence-electron chi connectivity index (χ4n) is 4.84. The zero-order valence-corrected chi connectivity index (χ0v) is 25.3. The Labute approximate surface area is 253 Å². The van der Waals surface area contributed by atoms with E-state index in [1.54, 1.807) is 43.5 Å².